The predicted octanol–water partition coefficient (Wildman–Crippen LogP) is 1.19. The maximum Gasteiger partial charge on any atom is 0.218 e. The first-order valence-corrected chi connectivity index (χ1v) is 7.02. The first-order valence-electron chi connectivity index (χ1n) is 5.41. The Morgan fingerprint density at radius 2 is 1.81 bits per heavy atom. The zero-order valence-electron chi connectivity index (χ0n) is 9.09. The average Bonchev–Trinajstić information content (AvgIpc) is 2.75. The second-order valence-corrected chi connectivity index (χ2v) is 6.03. The Kier molecular flexibility index (Phi) is 3.16. The Labute approximate surface area is 96.1 Å². The van der Waals surface area contributed by atoms with Crippen molar-refractivity contribution in [3.8, 4) is 0 Å². The zero-order chi connectivity index (χ0) is 11.6. The molecule has 0 aliphatic carbocycles. The van der Waals surface area contributed by atoms with Gasteiger partial charge in [-0.3, -0.25) is 0 Å². The first kappa shape index (κ1) is 11.4. The summed E-state index contributed by atoms with van der Waals surface area (Å²) in [6.45, 7) is 1.30. The third-order valence-electron chi connectivity index (χ3n) is 2.85. The van der Waals surface area contributed by atoms with E-state index in [1.165, 1.54) is 0 Å². The molecule has 1 aromatic carbocycles. The van der Waals surface area contributed by atoms with Crippen LogP contribution in [0.4, 0.5) is 5.69 Å². The van der Waals surface area contributed by atoms with Gasteiger partial charge in [-0.2, -0.15) is 0 Å². The van der Waals surface area contributed by atoms with Gasteiger partial charge in [-0.1, -0.05) is 18.2 Å². The van der Waals surface area contributed by atoms with E-state index in [2.05, 4.69) is 0 Å². The molecule has 1 fully saturated rings. The van der Waals surface area contributed by atoms with Gasteiger partial charge in [0, 0.05) is 18.8 Å². The molecule has 2 N–H and O–H groups in total. The number of nitrogens with zero attached hydrogens (tertiary/aromatic N) is 1. The minimum atomic E-state index is -3.18. The largest absolute Gasteiger partial charge is 0.398 e. The highest BCUT2D eigenvalue weighted by atomic mass is 32.2. The fraction of sp³-hybridized carbons (Fsp3) is 0.455. The van der Waals surface area contributed by atoms with Crippen LogP contribution in [0.1, 0.15) is 18.4 Å². The summed E-state index contributed by atoms with van der Waals surface area (Å²) in [6.07, 6.45) is 1.92. The number of hydrogen-bond donors (Lipinski definition) is 1. The van der Waals surface area contributed by atoms with E-state index in [-0.39, 0.29) is 5.75 Å². The van der Waals surface area contributed by atoms with Gasteiger partial charge in [0.1, 0.15) is 0 Å². The number of sulfonamides is 1. The molecule has 2 rings (SSSR count). The lowest BCUT2D eigenvalue weighted by atomic mass is 10.2. The summed E-state index contributed by atoms with van der Waals surface area (Å²) >= 11 is 0. The fourth-order valence-corrected chi connectivity index (χ4v) is 3.57. The molecular formula is C11H16N2O2S. The Bertz CT molecular complexity index is 465. The van der Waals surface area contributed by atoms with Gasteiger partial charge in [0.15, 0.2) is 0 Å². The van der Waals surface area contributed by atoms with Gasteiger partial charge < -0.3 is 5.73 Å². The van der Waals surface area contributed by atoms with Crippen LogP contribution < -0.4 is 5.73 Å². The summed E-state index contributed by atoms with van der Waals surface area (Å²) in [5.74, 6) is 0.0136. The standard InChI is InChI=1S/C11H16N2O2S/c12-11-6-2-1-5-10(11)9-16(14,15)13-7-3-4-8-13/h1-2,5-6H,3-4,7-9,12H2. The van der Waals surface area contributed by atoms with Crippen LogP contribution in [0.3, 0.4) is 0 Å². The summed E-state index contributed by atoms with van der Waals surface area (Å²) in [5, 5.41) is 0. The lowest BCUT2D eigenvalue weighted by molar-refractivity contribution is 0.476. The normalized spacial score (nSPS) is 17.8. The topological polar surface area (TPSA) is 63.4 Å². The number of nitrogen functional groups attached to an aromatic ring is 1. The molecule has 0 unspecified atom stereocenters. The van der Waals surface area contributed by atoms with Gasteiger partial charge >= 0.3 is 0 Å². The van der Waals surface area contributed by atoms with Gasteiger partial charge in [-0.25, -0.2) is 12.7 Å². The monoisotopic (exact) mass is 240 g/mol. The summed E-state index contributed by atoms with van der Waals surface area (Å²) in [6, 6.07) is 7.12. The van der Waals surface area contributed by atoms with Crippen molar-refractivity contribution in [2.24, 2.45) is 0 Å². The van der Waals surface area contributed by atoms with Crippen molar-refractivity contribution < 1.29 is 8.42 Å². The molecule has 5 heteroatoms. The second-order valence-electron chi connectivity index (χ2n) is 4.06. The molecule has 1 saturated heterocycles. The molecule has 1 heterocycles. The summed E-state index contributed by atoms with van der Waals surface area (Å²) < 4.78 is 25.6. The van der Waals surface area contributed by atoms with Crippen LogP contribution >= 0.6 is 0 Å². The summed E-state index contributed by atoms with van der Waals surface area (Å²) in [7, 11) is -3.18. The van der Waals surface area contributed by atoms with Crippen LogP contribution in [0.2, 0.25) is 0 Å². The number of para-hydroxylation sites is 1. The van der Waals surface area contributed by atoms with E-state index in [0.717, 1.165) is 12.8 Å². The van der Waals surface area contributed by atoms with Crippen molar-refractivity contribution in [2.75, 3.05) is 18.8 Å². The van der Waals surface area contributed by atoms with Gasteiger partial charge in [-0.05, 0) is 24.5 Å². The molecule has 4 nitrogen and oxygen atoms in total. The Hall–Kier alpha value is -1.07. The van der Waals surface area contributed by atoms with Crippen LogP contribution in [-0.4, -0.2) is 25.8 Å². The van der Waals surface area contributed by atoms with E-state index < -0.39 is 10.0 Å². The van der Waals surface area contributed by atoms with Crippen LogP contribution in [0.5, 0.6) is 0 Å². The molecule has 0 saturated carbocycles. The molecule has 0 radical (unpaired) electrons. The number of anilines is 1. The summed E-state index contributed by atoms with van der Waals surface area (Å²) in [5.41, 5.74) is 6.98. The van der Waals surface area contributed by atoms with Crippen molar-refractivity contribution in [2.45, 2.75) is 18.6 Å². The van der Waals surface area contributed by atoms with Gasteiger partial charge in [0.25, 0.3) is 0 Å². The molecule has 0 amide bonds. The highest BCUT2D eigenvalue weighted by Gasteiger charge is 2.25. The van der Waals surface area contributed by atoms with Gasteiger partial charge in [-0.15, -0.1) is 0 Å². The van der Waals surface area contributed by atoms with Crippen LogP contribution in [0.25, 0.3) is 0 Å². The van der Waals surface area contributed by atoms with E-state index in [1.807, 2.05) is 6.07 Å². The predicted molar refractivity (Wildman–Crippen MR) is 64.3 cm³/mol. The van der Waals surface area contributed by atoms with Crippen LogP contribution in [0.15, 0.2) is 24.3 Å². The molecule has 0 spiro atoms. The maximum atomic E-state index is 12.0. The van der Waals surface area contributed by atoms with E-state index in [9.17, 15) is 8.42 Å². The van der Waals surface area contributed by atoms with E-state index >= 15 is 0 Å². The minimum absolute atomic E-state index is 0.0136. The van der Waals surface area contributed by atoms with Gasteiger partial charge in [0.05, 0.1) is 5.75 Å². The van der Waals surface area contributed by atoms with Crippen LogP contribution in [0, 0.1) is 0 Å². The first-order chi connectivity index (χ1) is 7.59. The Balaban J connectivity index is 2.18. The molecule has 1 aliphatic heterocycles. The minimum Gasteiger partial charge on any atom is -0.398 e. The van der Waals surface area contributed by atoms with Crippen molar-refractivity contribution in [3.63, 3.8) is 0 Å². The average molecular weight is 240 g/mol. The van der Waals surface area contributed by atoms with Crippen molar-refractivity contribution >= 4 is 15.7 Å². The molecule has 0 bridgehead atoms. The van der Waals surface area contributed by atoms with Crippen molar-refractivity contribution in [1.29, 1.82) is 0 Å². The lowest BCUT2D eigenvalue weighted by Crippen LogP contribution is -2.29. The molecule has 0 atom stereocenters. The molecular weight excluding hydrogens is 224 g/mol. The maximum absolute atomic E-state index is 12.0. The number of hydrogen-bond acceptors (Lipinski definition) is 3. The Morgan fingerprint density at radius 3 is 2.44 bits per heavy atom. The fourth-order valence-electron chi connectivity index (χ4n) is 1.92. The van der Waals surface area contributed by atoms with Gasteiger partial charge in [0.2, 0.25) is 10.0 Å². The quantitative estimate of drug-likeness (QED) is 0.807. The highest BCUT2D eigenvalue weighted by molar-refractivity contribution is 7.88. The number of benzene rings is 1. The Morgan fingerprint density at radius 1 is 1.19 bits per heavy atom. The summed E-state index contributed by atoms with van der Waals surface area (Å²) in [4.78, 5) is 0. The van der Waals surface area contributed by atoms with E-state index in [4.69, 9.17) is 5.73 Å². The third kappa shape index (κ3) is 2.36. The van der Waals surface area contributed by atoms with E-state index in [0.29, 0.717) is 24.3 Å². The smallest absolute Gasteiger partial charge is 0.218 e. The van der Waals surface area contributed by atoms with Crippen molar-refractivity contribution in [3.05, 3.63) is 29.8 Å². The molecule has 1 aromatic rings. The highest BCUT2D eigenvalue weighted by Crippen LogP contribution is 2.20. The van der Waals surface area contributed by atoms with Crippen molar-refractivity contribution in [1.82, 2.24) is 4.31 Å². The third-order valence-corrected chi connectivity index (χ3v) is 4.68. The SMILES string of the molecule is Nc1ccccc1CS(=O)(=O)N1CCCC1. The second kappa shape index (κ2) is 4.43. The molecule has 16 heavy (non-hydrogen) atoms. The van der Waals surface area contributed by atoms with E-state index in [1.54, 1.807) is 22.5 Å². The zero-order valence-corrected chi connectivity index (χ0v) is 9.91. The van der Waals surface area contributed by atoms with Crippen LogP contribution in [-0.2, 0) is 15.8 Å². The lowest BCUT2D eigenvalue weighted by Gasteiger charge is -2.16. The number of nitrogens with two attached hydrogens (primary N) is 1. The number of rotatable bonds is 3. The molecule has 1 aliphatic rings. The molecule has 88 valence electrons. The molecule has 0 aromatic heterocycles.